The van der Waals surface area contributed by atoms with Crippen molar-refractivity contribution in [2.45, 2.75) is 13.5 Å². The Balaban J connectivity index is 1.35. The Hall–Kier alpha value is -4.85. The number of esters is 1. The number of carbonyl (C=O) groups excluding carboxylic acids is 2. The molecule has 2 aromatic heterocycles. The Morgan fingerprint density at radius 1 is 0.944 bits per heavy atom. The van der Waals surface area contributed by atoms with Crippen LogP contribution in [0.15, 0.2) is 95.5 Å². The third kappa shape index (κ3) is 4.69. The fourth-order valence-electron chi connectivity index (χ4n) is 3.81. The molecule has 0 aliphatic carbocycles. The Bertz CT molecular complexity index is 1520. The van der Waals surface area contributed by atoms with Crippen molar-refractivity contribution in [1.82, 2.24) is 9.78 Å². The summed E-state index contributed by atoms with van der Waals surface area (Å²) < 4.78 is 18.3. The van der Waals surface area contributed by atoms with Crippen molar-refractivity contribution in [1.29, 1.82) is 0 Å². The number of benzene rings is 3. The number of carbonyl (C=O) groups is 2. The SMILES string of the molecule is CCOC(=O)c1cnn(-c2ccccc2)c1NC(=O)c1ccc(COc2cccc3ccccc23)o1. The van der Waals surface area contributed by atoms with Gasteiger partial charge in [0.25, 0.3) is 5.91 Å². The highest BCUT2D eigenvalue weighted by Crippen LogP contribution is 2.27. The third-order valence-electron chi connectivity index (χ3n) is 5.50. The summed E-state index contributed by atoms with van der Waals surface area (Å²) in [5.74, 6) is 0.349. The Morgan fingerprint density at radius 3 is 2.56 bits per heavy atom. The van der Waals surface area contributed by atoms with Crippen molar-refractivity contribution in [2.75, 3.05) is 11.9 Å². The van der Waals surface area contributed by atoms with Gasteiger partial charge < -0.3 is 19.2 Å². The van der Waals surface area contributed by atoms with Crippen LogP contribution in [0, 0.1) is 0 Å². The standard InChI is InChI=1S/C28H23N3O5/c1-2-34-28(33)23-17-29-31(20-11-4-3-5-12-20)26(23)30-27(32)25-16-15-21(36-25)18-35-24-14-8-10-19-9-6-7-13-22(19)24/h3-17H,2,18H2,1H3,(H,30,32). The number of amides is 1. The molecule has 0 bridgehead atoms. The number of fused-ring (bicyclic) bond motifs is 1. The van der Waals surface area contributed by atoms with Gasteiger partial charge in [-0.15, -0.1) is 0 Å². The number of hydrogen-bond donors (Lipinski definition) is 1. The maximum absolute atomic E-state index is 13.1. The number of para-hydroxylation sites is 1. The van der Waals surface area contributed by atoms with Gasteiger partial charge in [0.2, 0.25) is 0 Å². The quantitative estimate of drug-likeness (QED) is 0.289. The first-order valence-corrected chi connectivity index (χ1v) is 11.4. The van der Waals surface area contributed by atoms with E-state index in [-0.39, 0.29) is 30.4 Å². The van der Waals surface area contributed by atoms with Crippen molar-refractivity contribution < 1.29 is 23.5 Å². The van der Waals surface area contributed by atoms with Crippen molar-refractivity contribution in [3.63, 3.8) is 0 Å². The van der Waals surface area contributed by atoms with Crippen LogP contribution in [0.25, 0.3) is 16.5 Å². The summed E-state index contributed by atoms with van der Waals surface area (Å²) in [5.41, 5.74) is 0.812. The minimum absolute atomic E-state index is 0.0714. The Labute approximate surface area is 207 Å². The summed E-state index contributed by atoms with van der Waals surface area (Å²) in [6.07, 6.45) is 1.37. The predicted molar refractivity (Wildman–Crippen MR) is 134 cm³/mol. The molecule has 0 aliphatic rings. The number of anilines is 1. The molecular weight excluding hydrogens is 458 g/mol. The maximum atomic E-state index is 13.1. The van der Waals surface area contributed by atoms with Crippen molar-refractivity contribution in [3.05, 3.63) is 108 Å². The third-order valence-corrected chi connectivity index (χ3v) is 5.50. The van der Waals surface area contributed by atoms with Crippen LogP contribution < -0.4 is 10.1 Å². The average molecular weight is 482 g/mol. The highest BCUT2D eigenvalue weighted by Gasteiger charge is 2.23. The number of furan rings is 1. The molecule has 36 heavy (non-hydrogen) atoms. The molecule has 1 amide bonds. The van der Waals surface area contributed by atoms with Crippen molar-refractivity contribution in [2.24, 2.45) is 0 Å². The van der Waals surface area contributed by atoms with Gasteiger partial charge in [-0.1, -0.05) is 54.6 Å². The van der Waals surface area contributed by atoms with E-state index >= 15 is 0 Å². The highest BCUT2D eigenvalue weighted by molar-refractivity contribution is 6.06. The summed E-state index contributed by atoms with van der Waals surface area (Å²) in [6, 6.07) is 26.2. The number of nitrogens with zero attached hydrogens (tertiary/aromatic N) is 2. The number of aromatic nitrogens is 2. The fraction of sp³-hybridized carbons (Fsp3) is 0.107. The molecule has 0 unspecified atom stereocenters. The molecule has 8 nitrogen and oxygen atoms in total. The van der Waals surface area contributed by atoms with Crippen LogP contribution in [-0.4, -0.2) is 28.3 Å². The molecular formula is C28H23N3O5. The Morgan fingerprint density at radius 2 is 1.72 bits per heavy atom. The van der Waals surface area contributed by atoms with Gasteiger partial charge in [0.05, 0.1) is 18.5 Å². The predicted octanol–water partition coefficient (Wildman–Crippen LogP) is 5.63. The summed E-state index contributed by atoms with van der Waals surface area (Å²) in [5, 5.41) is 9.09. The molecule has 3 aromatic carbocycles. The molecule has 180 valence electrons. The first-order chi connectivity index (χ1) is 17.6. The summed E-state index contributed by atoms with van der Waals surface area (Å²) in [4.78, 5) is 25.5. The van der Waals surface area contributed by atoms with Crippen LogP contribution in [0.3, 0.4) is 0 Å². The lowest BCUT2D eigenvalue weighted by atomic mass is 10.1. The largest absolute Gasteiger partial charge is 0.485 e. The Kier molecular flexibility index (Phi) is 6.48. The van der Waals surface area contributed by atoms with Gasteiger partial charge in [-0.05, 0) is 42.6 Å². The molecule has 2 heterocycles. The lowest BCUT2D eigenvalue weighted by molar-refractivity contribution is 0.0527. The second-order valence-electron chi connectivity index (χ2n) is 7.86. The van der Waals surface area contributed by atoms with Crippen LogP contribution >= 0.6 is 0 Å². The zero-order valence-corrected chi connectivity index (χ0v) is 19.5. The van der Waals surface area contributed by atoms with Crippen LogP contribution in [0.4, 0.5) is 5.82 Å². The van der Waals surface area contributed by atoms with Gasteiger partial charge in [0.1, 0.15) is 23.7 Å². The first-order valence-electron chi connectivity index (χ1n) is 11.4. The molecule has 0 saturated carbocycles. The number of nitrogens with one attached hydrogen (secondary N) is 1. The van der Waals surface area contributed by atoms with Crippen LogP contribution in [0.2, 0.25) is 0 Å². The first kappa shape index (κ1) is 22.9. The van der Waals surface area contributed by atoms with Gasteiger partial charge in [0.15, 0.2) is 11.6 Å². The van der Waals surface area contributed by atoms with E-state index in [0.29, 0.717) is 11.4 Å². The summed E-state index contributed by atoms with van der Waals surface area (Å²) in [6.45, 7) is 2.06. The zero-order chi connectivity index (χ0) is 24.9. The zero-order valence-electron chi connectivity index (χ0n) is 19.5. The topological polar surface area (TPSA) is 95.6 Å². The lowest BCUT2D eigenvalue weighted by Crippen LogP contribution is -2.17. The molecule has 0 radical (unpaired) electrons. The van der Waals surface area contributed by atoms with Gasteiger partial charge in [-0.2, -0.15) is 5.10 Å². The monoisotopic (exact) mass is 481 g/mol. The van der Waals surface area contributed by atoms with E-state index in [1.54, 1.807) is 19.1 Å². The number of rotatable bonds is 8. The van der Waals surface area contributed by atoms with E-state index in [1.807, 2.05) is 72.8 Å². The summed E-state index contributed by atoms with van der Waals surface area (Å²) in [7, 11) is 0. The second kappa shape index (κ2) is 10.2. The smallest absolute Gasteiger partial charge is 0.343 e. The molecule has 0 aliphatic heterocycles. The van der Waals surface area contributed by atoms with Gasteiger partial charge in [-0.3, -0.25) is 4.79 Å². The molecule has 0 fully saturated rings. The molecule has 1 N–H and O–H groups in total. The van der Waals surface area contributed by atoms with E-state index in [2.05, 4.69) is 10.4 Å². The number of hydrogen-bond acceptors (Lipinski definition) is 6. The molecule has 5 rings (SSSR count). The minimum Gasteiger partial charge on any atom is -0.485 e. The van der Waals surface area contributed by atoms with Gasteiger partial charge in [0, 0.05) is 5.39 Å². The van der Waals surface area contributed by atoms with E-state index < -0.39 is 11.9 Å². The summed E-state index contributed by atoms with van der Waals surface area (Å²) >= 11 is 0. The van der Waals surface area contributed by atoms with Gasteiger partial charge >= 0.3 is 5.97 Å². The average Bonchev–Trinajstić information content (AvgIpc) is 3.56. The normalized spacial score (nSPS) is 10.8. The minimum atomic E-state index is -0.585. The van der Waals surface area contributed by atoms with E-state index in [1.165, 1.54) is 10.9 Å². The van der Waals surface area contributed by atoms with Crippen LogP contribution in [0.1, 0.15) is 33.6 Å². The molecule has 0 spiro atoms. The molecule has 0 saturated heterocycles. The molecule has 5 aromatic rings. The van der Waals surface area contributed by atoms with Crippen molar-refractivity contribution in [3.8, 4) is 11.4 Å². The van der Waals surface area contributed by atoms with Crippen LogP contribution in [-0.2, 0) is 11.3 Å². The van der Waals surface area contributed by atoms with Gasteiger partial charge in [-0.25, -0.2) is 9.48 Å². The molecule has 8 heteroatoms. The van der Waals surface area contributed by atoms with E-state index in [0.717, 1.165) is 16.5 Å². The highest BCUT2D eigenvalue weighted by atomic mass is 16.5. The number of ether oxygens (including phenoxy) is 2. The molecule has 0 atom stereocenters. The van der Waals surface area contributed by atoms with E-state index in [9.17, 15) is 9.59 Å². The fourth-order valence-corrected chi connectivity index (χ4v) is 3.81. The lowest BCUT2D eigenvalue weighted by Gasteiger charge is -2.10. The van der Waals surface area contributed by atoms with E-state index in [4.69, 9.17) is 13.9 Å². The maximum Gasteiger partial charge on any atom is 0.343 e. The second-order valence-corrected chi connectivity index (χ2v) is 7.86. The van der Waals surface area contributed by atoms with Crippen molar-refractivity contribution >= 4 is 28.5 Å². The van der Waals surface area contributed by atoms with Crippen LogP contribution in [0.5, 0.6) is 5.75 Å².